The van der Waals surface area contributed by atoms with E-state index in [1.165, 1.54) is 0 Å². The first-order valence-corrected chi connectivity index (χ1v) is 9.08. The van der Waals surface area contributed by atoms with Gasteiger partial charge in [0.05, 0.1) is 18.8 Å². The maximum absolute atomic E-state index is 5.68. The number of aliphatic imine (C=N–C) groups is 1. The summed E-state index contributed by atoms with van der Waals surface area (Å²) in [5, 5.41) is 6.36. The molecule has 1 aromatic heterocycles. The smallest absolute Gasteiger partial charge is 0.193 e. The van der Waals surface area contributed by atoms with Gasteiger partial charge in [0.15, 0.2) is 5.96 Å². The Morgan fingerprint density at radius 2 is 2.12 bits per heavy atom. The van der Waals surface area contributed by atoms with E-state index in [4.69, 9.17) is 9.47 Å². The number of nitrogens with one attached hydrogen (secondary N) is 1. The van der Waals surface area contributed by atoms with Gasteiger partial charge in [0, 0.05) is 26.6 Å². The quantitative estimate of drug-likeness (QED) is 0.444. The first-order chi connectivity index (χ1) is 12.1. The molecule has 7 heteroatoms. The van der Waals surface area contributed by atoms with E-state index in [2.05, 4.69) is 20.7 Å². The zero-order valence-electron chi connectivity index (χ0n) is 15.2. The third kappa shape index (κ3) is 6.03. The van der Waals surface area contributed by atoms with Crippen molar-refractivity contribution in [3.63, 3.8) is 0 Å². The highest BCUT2D eigenvalue weighted by Crippen LogP contribution is 2.20. The molecular weight excluding hydrogens is 336 g/mol. The van der Waals surface area contributed by atoms with Crippen LogP contribution in [0.1, 0.15) is 23.7 Å². The van der Waals surface area contributed by atoms with E-state index >= 15 is 0 Å². The Labute approximate surface area is 153 Å². The molecule has 6 nitrogen and oxygen atoms in total. The van der Waals surface area contributed by atoms with Crippen LogP contribution in [0, 0.1) is 0 Å². The number of hydrogen-bond donors (Lipinski definition) is 1. The fourth-order valence-electron chi connectivity index (χ4n) is 2.23. The van der Waals surface area contributed by atoms with Crippen molar-refractivity contribution in [1.29, 1.82) is 0 Å². The molecule has 0 saturated heterocycles. The molecule has 2 aromatic rings. The molecule has 0 saturated carbocycles. The van der Waals surface area contributed by atoms with E-state index in [0.29, 0.717) is 19.7 Å². The summed E-state index contributed by atoms with van der Waals surface area (Å²) in [6.45, 7) is 3.93. The average Bonchev–Trinajstić information content (AvgIpc) is 3.10. The number of hydrogen-bond acceptors (Lipinski definition) is 5. The molecular formula is C18H26N4O2S. The lowest BCUT2D eigenvalue weighted by Gasteiger charge is -2.21. The molecule has 1 unspecified atom stereocenters. The van der Waals surface area contributed by atoms with Crippen molar-refractivity contribution in [2.45, 2.75) is 19.6 Å². The van der Waals surface area contributed by atoms with E-state index < -0.39 is 0 Å². The van der Waals surface area contributed by atoms with Gasteiger partial charge in [-0.2, -0.15) is 0 Å². The molecule has 0 bridgehead atoms. The minimum atomic E-state index is 0.0247. The number of ether oxygens (including phenoxy) is 2. The molecule has 0 spiro atoms. The molecule has 0 aliphatic heterocycles. The van der Waals surface area contributed by atoms with Crippen LogP contribution in [0.25, 0.3) is 0 Å². The number of benzene rings is 1. The number of para-hydroxylation sites is 1. The van der Waals surface area contributed by atoms with E-state index in [-0.39, 0.29) is 6.10 Å². The van der Waals surface area contributed by atoms with E-state index in [0.717, 1.165) is 22.4 Å². The second kappa shape index (κ2) is 10.0. The first-order valence-electron chi connectivity index (χ1n) is 8.20. The summed E-state index contributed by atoms with van der Waals surface area (Å²) in [6, 6.07) is 9.78. The van der Waals surface area contributed by atoms with Crippen LogP contribution in [0.15, 0.2) is 40.7 Å². The molecule has 2 rings (SSSR count). The zero-order valence-corrected chi connectivity index (χ0v) is 16.0. The van der Waals surface area contributed by atoms with Crippen molar-refractivity contribution in [3.05, 3.63) is 46.4 Å². The van der Waals surface area contributed by atoms with E-state index in [1.807, 2.05) is 49.2 Å². The number of rotatable bonds is 8. The fraction of sp³-hybridized carbons (Fsp3) is 0.444. The van der Waals surface area contributed by atoms with Gasteiger partial charge in [0.25, 0.3) is 0 Å². The van der Waals surface area contributed by atoms with Gasteiger partial charge >= 0.3 is 0 Å². The Morgan fingerprint density at radius 3 is 2.80 bits per heavy atom. The van der Waals surface area contributed by atoms with E-state index in [9.17, 15) is 0 Å². The normalized spacial score (nSPS) is 12.7. The van der Waals surface area contributed by atoms with Gasteiger partial charge in [0.2, 0.25) is 0 Å². The summed E-state index contributed by atoms with van der Waals surface area (Å²) in [6.07, 6.45) is 0.0247. The molecule has 0 amide bonds. The molecule has 0 fully saturated rings. The summed E-state index contributed by atoms with van der Waals surface area (Å²) in [4.78, 5) is 11.0. The molecule has 1 N–H and O–H groups in total. The minimum absolute atomic E-state index is 0.0247. The highest BCUT2D eigenvalue weighted by Gasteiger charge is 2.12. The lowest BCUT2D eigenvalue weighted by atomic mass is 10.3. The second-order valence-corrected chi connectivity index (χ2v) is 6.44. The lowest BCUT2D eigenvalue weighted by Crippen LogP contribution is -2.40. The van der Waals surface area contributed by atoms with Crippen LogP contribution in [0.4, 0.5) is 0 Å². The molecule has 1 heterocycles. The van der Waals surface area contributed by atoms with Gasteiger partial charge in [-0.1, -0.05) is 18.2 Å². The third-order valence-corrected chi connectivity index (χ3v) is 4.70. The molecule has 0 aliphatic carbocycles. The van der Waals surface area contributed by atoms with Crippen LogP contribution in [-0.4, -0.2) is 50.2 Å². The highest BCUT2D eigenvalue weighted by atomic mass is 32.1. The highest BCUT2D eigenvalue weighted by molar-refractivity contribution is 7.09. The van der Waals surface area contributed by atoms with Gasteiger partial charge in [0.1, 0.15) is 23.5 Å². The maximum atomic E-state index is 5.68. The maximum Gasteiger partial charge on any atom is 0.193 e. The standard InChI is InChI=1S/C18H26N4O2S/c1-14(23-4)17-21-15(13-25-17)12-22(3)18(19-2)20-10-11-24-16-8-6-5-7-9-16/h5-9,13-14H,10-12H2,1-4H3,(H,19,20). The number of aromatic nitrogens is 1. The Kier molecular flexibility index (Phi) is 7.69. The van der Waals surface area contributed by atoms with Crippen LogP contribution in [-0.2, 0) is 11.3 Å². The molecule has 0 aliphatic rings. The third-order valence-electron chi connectivity index (χ3n) is 3.64. The second-order valence-electron chi connectivity index (χ2n) is 5.55. The summed E-state index contributed by atoms with van der Waals surface area (Å²) in [7, 11) is 5.46. The van der Waals surface area contributed by atoms with Crippen LogP contribution in [0.2, 0.25) is 0 Å². The van der Waals surface area contributed by atoms with Crippen LogP contribution in [0.3, 0.4) is 0 Å². The molecule has 25 heavy (non-hydrogen) atoms. The van der Waals surface area contributed by atoms with Gasteiger partial charge < -0.3 is 19.7 Å². The van der Waals surface area contributed by atoms with Crippen LogP contribution in [0.5, 0.6) is 5.75 Å². The Morgan fingerprint density at radius 1 is 1.36 bits per heavy atom. The molecule has 1 aromatic carbocycles. The molecule has 136 valence electrons. The van der Waals surface area contributed by atoms with Gasteiger partial charge in [-0.3, -0.25) is 4.99 Å². The lowest BCUT2D eigenvalue weighted by molar-refractivity contribution is 0.119. The average molecular weight is 362 g/mol. The van der Waals surface area contributed by atoms with Gasteiger partial charge in [-0.25, -0.2) is 4.98 Å². The summed E-state index contributed by atoms with van der Waals surface area (Å²) in [5.74, 6) is 1.68. The SMILES string of the molecule is CN=C(NCCOc1ccccc1)N(C)Cc1csc(C(C)OC)n1. The largest absolute Gasteiger partial charge is 0.492 e. The summed E-state index contributed by atoms with van der Waals surface area (Å²) in [5.41, 5.74) is 1.01. The number of thiazole rings is 1. The fourth-order valence-corrected chi connectivity index (χ4v) is 3.08. The Balaban J connectivity index is 1.78. The Bertz CT molecular complexity index is 660. The molecule has 0 radical (unpaired) electrons. The van der Waals surface area contributed by atoms with Crippen molar-refractivity contribution >= 4 is 17.3 Å². The summed E-state index contributed by atoms with van der Waals surface area (Å²) < 4.78 is 11.0. The van der Waals surface area contributed by atoms with E-state index in [1.54, 1.807) is 25.5 Å². The van der Waals surface area contributed by atoms with Gasteiger partial charge in [-0.15, -0.1) is 11.3 Å². The number of methoxy groups -OCH3 is 1. The first kappa shape index (κ1) is 19.2. The van der Waals surface area contributed by atoms with Crippen molar-refractivity contribution in [1.82, 2.24) is 15.2 Å². The van der Waals surface area contributed by atoms with Crippen molar-refractivity contribution in [2.75, 3.05) is 34.4 Å². The number of guanidine groups is 1. The van der Waals surface area contributed by atoms with Crippen LogP contribution < -0.4 is 10.1 Å². The molecule has 1 atom stereocenters. The summed E-state index contributed by atoms with van der Waals surface area (Å²) >= 11 is 1.62. The van der Waals surface area contributed by atoms with Crippen molar-refractivity contribution < 1.29 is 9.47 Å². The predicted molar refractivity (Wildman–Crippen MR) is 102 cm³/mol. The zero-order chi connectivity index (χ0) is 18.1. The minimum Gasteiger partial charge on any atom is -0.492 e. The topological polar surface area (TPSA) is 59.0 Å². The predicted octanol–water partition coefficient (Wildman–Crippen LogP) is 2.94. The number of nitrogens with zero attached hydrogens (tertiary/aromatic N) is 3. The van der Waals surface area contributed by atoms with Crippen molar-refractivity contribution in [2.24, 2.45) is 4.99 Å². The van der Waals surface area contributed by atoms with Gasteiger partial charge in [-0.05, 0) is 19.1 Å². The Hall–Kier alpha value is -2.12. The monoisotopic (exact) mass is 362 g/mol. The van der Waals surface area contributed by atoms with Crippen LogP contribution >= 0.6 is 11.3 Å². The van der Waals surface area contributed by atoms with Crippen molar-refractivity contribution in [3.8, 4) is 5.75 Å².